The monoisotopic (exact) mass is 451 g/mol. The number of halogens is 1. The van der Waals surface area contributed by atoms with Crippen molar-refractivity contribution < 1.29 is 9.59 Å². The van der Waals surface area contributed by atoms with Crippen molar-refractivity contribution in [2.45, 2.75) is 19.9 Å². The Balaban J connectivity index is 1.41. The number of piperazine rings is 1. The summed E-state index contributed by atoms with van der Waals surface area (Å²) < 4.78 is 1.80. The number of primary amides is 1. The first kappa shape index (κ1) is 22.0. The number of carbonyl (C=O) groups excluding carboxylic acids is 2. The van der Waals surface area contributed by atoms with Crippen molar-refractivity contribution in [3.8, 4) is 5.69 Å². The quantitative estimate of drug-likeness (QED) is 0.624. The Morgan fingerprint density at radius 1 is 1.06 bits per heavy atom. The number of hydrogen-bond acceptors (Lipinski definition) is 4. The average molecular weight is 452 g/mol. The second-order valence-electron chi connectivity index (χ2n) is 7.88. The number of carbonyl (C=O) groups is 2. The first-order valence-electron chi connectivity index (χ1n) is 10.7. The Labute approximate surface area is 192 Å². The highest BCUT2D eigenvalue weighted by molar-refractivity contribution is 6.30. The minimum absolute atomic E-state index is 0.0144. The van der Waals surface area contributed by atoms with Gasteiger partial charge in [0.15, 0.2) is 0 Å². The third-order valence-electron chi connectivity index (χ3n) is 5.79. The average Bonchev–Trinajstić information content (AvgIpc) is 3.23. The van der Waals surface area contributed by atoms with Gasteiger partial charge >= 0.3 is 0 Å². The van der Waals surface area contributed by atoms with Crippen LogP contribution in [-0.2, 0) is 13.0 Å². The summed E-state index contributed by atoms with van der Waals surface area (Å²) in [4.78, 5) is 28.7. The summed E-state index contributed by atoms with van der Waals surface area (Å²) in [7, 11) is 0. The van der Waals surface area contributed by atoms with Crippen molar-refractivity contribution in [3.63, 3.8) is 0 Å². The minimum atomic E-state index is -0.422. The lowest BCUT2D eigenvalue weighted by molar-refractivity contribution is 0.0627. The largest absolute Gasteiger partial charge is 0.366 e. The van der Waals surface area contributed by atoms with Gasteiger partial charge < -0.3 is 10.6 Å². The van der Waals surface area contributed by atoms with Gasteiger partial charge in [0.05, 0.1) is 23.1 Å². The van der Waals surface area contributed by atoms with Gasteiger partial charge in [0.1, 0.15) is 0 Å². The van der Waals surface area contributed by atoms with E-state index in [-0.39, 0.29) is 5.91 Å². The van der Waals surface area contributed by atoms with Gasteiger partial charge in [-0.25, -0.2) is 4.68 Å². The van der Waals surface area contributed by atoms with Gasteiger partial charge in [-0.2, -0.15) is 5.10 Å². The topological polar surface area (TPSA) is 84.5 Å². The molecule has 8 heteroatoms. The molecule has 3 aromatic rings. The first-order chi connectivity index (χ1) is 15.5. The highest BCUT2D eigenvalue weighted by Gasteiger charge is 2.26. The lowest BCUT2D eigenvalue weighted by atomic mass is 10.1. The van der Waals surface area contributed by atoms with Crippen molar-refractivity contribution in [1.82, 2.24) is 19.6 Å². The molecule has 1 fully saturated rings. The Bertz CT molecular complexity index is 1120. The van der Waals surface area contributed by atoms with Gasteiger partial charge in [-0.15, -0.1) is 0 Å². The van der Waals surface area contributed by atoms with Gasteiger partial charge in [-0.3, -0.25) is 14.5 Å². The second-order valence-corrected chi connectivity index (χ2v) is 8.32. The molecule has 0 atom stereocenters. The highest BCUT2D eigenvalue weighted by atomic mass is 35.5. The number of hydrogen-bond donors (Lipinski definition) is 1. The van der Waals surface area contributed by atoms with Gasteiger partial charge in [0.25, 0.3) is 5.91 Å². The summed E-state index contributed by atoms with van der Waals surface area (Å²) >= 11 is 6.13. The molecule has 0 bridgehead atoms. The maximum absolute atomic E-state index is 13.2. The third kappa shape index (κ3) is 4.69. The SMILES string of the molecule is CCc1c(C(=O)N2CCN(Cc3ccc(C(N)=O)cc3)CC2)cnn1-c1cccc(Cl)c1. The van der Waals surface area contributed by atoms with E-state index in [1.165, 1.54) is 0 Å². The van der Waals surface area contributed by atoms with E-state index in [0.717, 1.165) is 36.6 Å². The molecule has 0 saturated carbocycles. The van der Waals surface area contributed by atoms with Crippen LogP contribution in [0.15, 0.2) is 54.7 Å². The number of benzene rings is 2. The van der Waals surface area contributed by atoms with Crippen LogP contribution in [0, 0.1) is 0 Å². The zero-order valence-electron chi connectivity index (χ0n) is 18.0. The molecule has 1 aliphatic heterocycles. The van der Waals surface area contributed by atoms with Gasteiger partial charge in [0.2, 0.25) is 5.91 Å². The zero-order valence-corrected chi connectivity index (χ0v) is 18.8. The molecule has 32 heavy (non-hydrogen) atoms. The van der Waals surface area contributed by atoms with E-state index < -0.39 is 5.91 Å². The Kier molecular flexibility index (Phi) is 6.58. The van der Waals surface area contributed by atoms with Crippen LogP contribution in [0.1, 0.15) is 38.9 Å². The molecule has 0 aliphatic carbocycles. The van der Waals surface area contributed by atoms with Crippen LogP contribution in [0.3, 0.4) is 0 Å². The van der Waals surface area contributed by atoms with Gasteiger partial charge in [-0.05, 0) is 42.3 Å². The Morgan fingerprint density at radius 3 is 2.41 bits per heavy atom. The molecule has 4 rings (SSSR count). The second kappa shape index (κ2) is 9.54. The van der Waals surface area contributed by atoms with E-state index >= 15 is 0 Å². The standard InChI is InChI=1S/C24H26ClN5O2/c1-2-22-21(15-27-30(22)20-5-3-4-19(25)14-20)24(32)29-12-10-28(11-13-29)16-17-6-8-18(9-7-17)23(26)31/h3-9,14-15H,2,10-13,16H2,1H3,(H2,26,31). The summed E-state index contributed by atoms with van der Waals surface area (Å²) in [5.74, 6) is -0.408. The normalized spacial score (nSPS) is 14.5. The van der Waals surface area contributed by atoms with Crippen molar-refractivity contribution in [3.05, 3.63) is 82.1 Å². The summed E-state index contributed by atoms with van der Waals surface area (Å²) in [6.45, 7) is 5.68. The Morgan fingerprint density at radius 2 is 1.78 bits per heavy atom. The number of amides is 2. The Hall–Kier alpha value is -3.16. The molecule has 166 valence electrons. The van der Waals surface area contributed by atoms with E-state index in [4.69, 9.17) is 17.3 Å². The van der Waals surface area contributed by atoms with E-state index in [0.29, 0.717) is 35.7 Å². The minimum Gasteiger partial charge on any atom is -0.366 e. The molecule has 2 N–H and O–H groups in total. The van der Waals surface area contributed by atoms with Crippen LogP contribution in [0.5, 0.6) is 0 Å². The maximum Gasteiger partial charge on any atom is 0.257 e. The zero-order chi connectivity index (χ0) is 22.7. The lowest BCUT2D eigenvalue weighted by Crippen LogP contribution is -2.48. The molecule has 2 heterocycles. The first-order valence-corrected chi connectivity index (χ1v) is 11.1. The van der Waals surface area contributed by atoms with Crippen molar-refractivity contribution in [1.29, 1.82) is 0 Å². The molecule has 1 saturated heterocycles. The van der Waals surface area contributed by atoms with Crippen LogP contribution >= 0.6 is 11.6 Å². The van der Waals surface area contributed by atoms with Crippen LogP contribution in [0.4, 0.5) is 0 Å². The van der Waals surface area contributed by atoms with Crippen LogP contribution in [-0.4, -0.2) is 57.6 Å². The number of aromatic nitrogens is 2. The number of nitrogens with zero attached hydrogens (tertiary/aromatic N) is 4. The summed E-state index contributed by atoms with van der Waals surface area (Å²) in [6, 6.07) is 14.8. The molecular weight excluding hydrogens is 426 g/mol. The van der Waals surface area contributed by atoms with Crippen molar-refractivity contribution in [2.75, 3.05) is 26.2 Å². The van der Waals surface area contributed by atoms with Gasteiger partial charge in [-0.1, -0.05) is 36.7 Å². The summed E-state index contributed by atoms with van der Waals surface area (Å²) in [5.41, 5.74) is 9.30. The molecular formula is C24H26ClN5O2. The maximum atomic E-state index is 13.2. The fraction of sp³-hybridized carbons (Fsp3) is 0.292. The van der Waals surface area contributed by atoms with Gasteiger partial charge in [0, 0.05) is 43.3 Å². The summed E-state index contributed by atoms with van der Waals surface area (Å²) in [5, 5.41) is 5.10. The smallest absolute Gasteiger partial charge is 0.257 e. The molecule has 2 amide bonds. The van der Waals surface area contributed by atoms with E-state index in [1.807, 2.05) is 48.2 Å². The third-order valence-corrected chi connectivity index (χ3v) is 6.03. The molecule has 0 unspecified atom stereocenters. The van der Waals surface area contributed by atoms with Crippen molar-refractivity contribution in [2.24, 2.45) is 5.73 Å². The predicted molar refractivity (Wildman–Crippen MR) is 124 cm³/mol. The number of rotatable bonds is 6. The molecule has 2 aromatic carbocycles. The molecule has 0 spiro atoms. The predicted octanol–water partition coefficient (Wildman–Crippen LogP) is 3.15. The van der Waals surface area contributed by atoms with E-state index in [2.05, 4.69) is 10.00 Å². The molecule has 1 aromatic heterocycles. The highest BCUT2D eigenvalue weighted by Crippen LogP contribution is 2.21. The van der Waals surface area contributed by atoms with E-state index in [9.17, 15) is 9.59 Å². The molecule has 1 aliphatic rings. The number of nitrogens with two attached hydrogens (primary N) is 1. The van der Waals surface area contributed by atoms with E-state index in [1.54, 1.807) is 23.0 Å². The molecule has 0 radical (unpaired) electrons. The molecule has 7 nitrogen and oxygen atoms in total. The summed E-state index contributed by atoms with van der Waals surface area (Å²) in [6.07, 6.45) is 2.35. The van der Waals surface area contributed by atoms with Crippen LogP contribution < -0.4 is 5.73 Å². The fourth-order valence-electron chi connectivity index (χ4n) is 4.04. The van der Waals surface area contributed by atoms with Crippen LogP contribution in [0.25, 0.3) is 5.69 Å². The fourth-order valence-corrected chi connectivity index (χ4v) is 4.22. The van der Waals surface area contributed by atoms with Crippen molar-refractivity contribution >= 4 is 23.4 Å². The van der Waals surface area contributed by atoms with Crippen LogP contribution in [0.2, 0.25) is 5.02 Å². The lowest BCUT2D eigenvalue weighted by Gasteiger charge is -2.34.